The Bertz CT molecular complexity index is 1170. The smallest absolute Gasteiger partial charge is 0.272 e. The number of imidazole rings is 1. The van der Waals surface area contributed by atoms with E-state index in [9.17, 15) is 4.79 Å². The Kier molecular flexibility index (Phi) is 9.93. The molecule has 0 saturated heterocycles. The van der Waals surface area contributed by atoms with Crippen LogP contribution in [-0.4, -0.2) is 38.8 Å². The Morgan fingerprint density at radius 3 is 2.41 bits per heavy atom. The van der Waals surface area contributed by atoms with E-state index in [1.807, 2.05) is 41.4 Å². The van der Waals surface area contributed by atoms with Crippen LogP contribution in [0, 0.1) is 0 Å². The van der Waals surface area contributed by atoms with E-state index in [-0.39, 0.29) is 43.1 Å². The maximum atomic E-state index is 13.2. The second-order valence-corrected chi connectivity index (χ2v) is 7.65. The summed E-state index contributed by atoms with van der Waals surface area (Å²) in [5, 5.41) is 0. The number of benzene rings is 2. The minimum atomic E-state index is -0.0416. The molecule has 1 N–H and O–H groups in total. The van der Waals surface area contributed by atoms with Crippen LogP contribution in [0.15, 0.2) is 85.5 Å². The number of anilines is 1. The van der Waals surface area contributed by atoms with Gasteiger partial charge in [-0.05, 0) is 41.0 Å². The fraction of sp³-hybridized carbons (Fsp3) is 0.160. The molecule has 6 nitrogen and oxygen atoms in total. The lowest BCUT2D eigenvalue weighted by molar-refractivity contribution is 0.0745. The molecule has 0 aliphatic carbocycles. The van der Waals surface area contributed by atoms with Crippen molar-refractivity contribution in [3.63, 3.8) is 0 Å². The van der Waals surface area contributed by atoms with Gasteiger partial charge < -0.3 is 14.8 Å². The molecule has 2 aromatic heterocycles. The van der Waals surface area contributed by atoms with Crippen molar-refractivity contribution in [3.8, 4) is 11.1 Å². The second kappa shape index (κ2) is 12.4. The minimum Gasteiger partial charge on any atom is -0.364 e. The first kappa shape index (κ1) is 27.2. The lowest BCUT2D eigenvalue weighted by Gasteiger charge is -2.24. The first-order chi connectivity index (χ1) is 15.3. The van der Waals surface area contributed by atoms with Crippen LogP contribution < -0.4 is 4.90 Å². The fourth-order valence-corrected chi connectivity index (χ4v) is 4.04. The van der Waals surface area contributed by atoms with Crippen LogP contribution in [0.4, 0.5) is 5.69 Å². The largest absolute Gasteiger partial charge is 0.364 e. The number of H-pyrrole nitrogens is 1. The van der Waals surface area contributed by atoms with E-state index in [4.69, 9.17) is 0 Å². The van der Waals surface area contributed by atoms with Gasteiger partial charge >= 0.3 is 0 Å². The number of nitrogens with zero attached hydrogens (tertiary/aromatic N) is 4. The van der Waals surface area contributed by atoms with Gasteiger partial charge in [-0.2, -0.15) is 0 Å². The Labute approximate surface area is 217 Å². The molecule has 1 aliphatic heterocycles. The number of halogens is 3. The van der Waals surface area contributed by atoms with Gasteiger partial charge in [-0.25, -0.2) is 4.98 Å². The molecule has 1 amide bonds. The number of fused-ring (bicyclic) bond motifs is 1. The van der Waals surface area contributed by atoms with Crippen LogP contribution >= 0.6 is 37.2 Å². The standard InChI is InChI=1S/C25H23N5O.3ClH/c31-25(23-8-4-5-11-27-23)30-13-12-29(17-22-15-26-18-28-22)24-10-9-20(14-21(24)16-30)19-6-2-1-3-7-19;;;/h1-11,14-15,18H,12-13,16-17H2,(H,26,28);3*1H. The lowest BCUT2D eigenvalue weighted by Crippen LogP contribution is -2.35. The van der Waals surface area contributed by atoms with E-state index in [0.717, 1.165) is 34.6 Å². The molecule has 34 heavy (non-hydrogen) atoms. The van der Waals surface area contributed by atoms with Crippen LogP contribution in [0.25, 0.3) is 11.1 Å². The molecule has 178 valence electrons. The quantitative estimate of drug-likeness (QED) is 0.393. The molecular formula is C25H26Cl3N5O. The molecule has 0 fully saturated rings. The van der Waals surface area contributed by atoms with Crippen LogP contribution in [-0.2, 0) is 13.1 Å². The number of rotatable bonds is 4. The number of aromatic amines is 1. The number of nitrogens with one attached hydrogen (secondary N) is 1. The zero-order chi connectivity index (χ0) is 21.0. The SMILES string of the molecule is Cl.Cl.Cl.O=C(c1ccccn1)N1CCN(Cc2cnc[nH]2)c2ccc(-c3ccccc3)cc2C1. The molecule has 2 aromatic carbocycles. The average Bonchev–Trinajstić information content (AvgIpc) is 3.28. The Morgan fingerprint density at radius 1 is 0.912 bits per heavy atom. The molecule has 1 aliphatic rings. The summed E-state index contributed by atoms with van der Waals surface area (Å²) in [5.74, 6) is -0.0416. The molecule has 0 unspecified atom stereocenters. The van der Waals surface area contributed by atoms with Crippen molar-refractivity contribution >= 4 is 48.8 Å². The number of amides is 1. The number of pyridine rings is 1. The molecule has 0 saturated carbocycles. The van der Waals surface area contributed by atoms with Crippen LogP contribution in [0.5, 0.6) is 0 Å². The summed E-state index contributed by atoms with van der Waals surface area (Å²) >= 11 is 0. The van der Waals surface area contributed by atoms with Gasteiger partial charge in [0.05, 0.1) is 18.6 Å². The summed E-state index contributed by atoms with van der Waals surface area (Å²) in [6, 6.07) is 22.3. The Hall–Kier alpha value is -3.06. The normalized spacial score (nSPS) is 12.4. The van der Waals surface area contributed by atoms with Crippen molar-refractivity contribution in [2.75, 3.05) is 18.0 Å². The van der Waals surface area contributed by atoms with Gasteiger partial charge in [0.15, 0.2) is 0 Å². The summed E-state index contributed by atoms with van der Waals surface area (Å²) in [5.41, 5.74) is 6.10. The van der Waals surface area contributed by atoms with Crippen LogP contribution in [0.2, 0.25) is 0 Å². The minimum absolute atomic E-state index is 0. The van der Waals surface area contributed by atoms with E-state index in [1.165, 1.54) is 0 Å². The molecule has 9 heteroatoms. The summed E-state index contributed by atoms with van der Waals surface area (Å²) < 4.78 is 0. The van der Waals surface area contributed by atoms with Gasteiger partial charge in [0.1, 0.15) is 5.69 Å². The van der Waals surface area contributed by atoms with Crippen LogP contribution in [0.3, 0.4) is 0 Å². The number of carbonyl (C=O) groups is 1. The predicted molar refractivity (Wildman–Crippen MR) is 142 cm³/mol. The molecule has 4 aromatic rings. The summed E-state index contributed by atoms with van der Waals surface area (Å²) in [7, 11) is 0. The van der Waals surface area contributed by atoms with Crippen molar-refractivity contribution in [3.05, 3.63) is 102 Å². The van der Waals surface area contributed by atoms with Crippen molar-refractivity contribution in [2.24, 2.45) is 0 Å². The number of aromatic nitrogens is 3. The molecule has 5 rings (SSSR count). The number of hydrogen-bond acceptors (Lipinski definition) is 4. The fourth-order valence-electron chi connectivity index (χ4n) is 4.04. The van der Waals surface area contributed by atoms with Crippen LogP contribution in [0.1, 0.15) is 21.7 Å². The van der Waals surface area contributed by atoms with Crippen molar-refractivity contribution in [2.45, 2.75) is 13.1 Å². The van der Waals surface area contributed by atoms with E-state index in [0.29, 0.717) is 25.3 Å². The first-order valence-corrected chi connectivity index (χ1v) is 10.4. The zero-order valence-corrected chi connectivity index (χ0v) is 20.8. The van der Waals surface area contributed by atoms with Gasteiger partial charge in [-0.1, -0.05) is 42.5 Å². The molecule has 0 radical (unpaired) electrons. The first-order valence-electron chi connectivity index (χ1n) is 10.4. The summed E-state index contributed by atoms with van der Waals surface area (Å²) in [4.78, 5) is 29.0. The highest BCUT2D eigenvalue weighted by Gasteiger charge is 2.25. The Balaban J connectivity index is 0.00000136. The predicted octanol–water partition coefficient (Wildman–Crippen LogP) is 5.40. The van der Waals surface area contributed by atoms with Gasteiger partial charge in [-0.3, -0.25) is 9.78 Å². The van der Waals surface area contributed by atoms with E-state index < -0.39 is 0 Å². The van der Waals surface area contributed by atoms with Gasteiger partial charge in [0.25, 0.3) is 5.91 Å². The van der Waals surface area contributed by atoms with Crippen molar-refractivity contribution in [1.29, 1.82) is 0 Å². The van der Waals surface area contributed by atoms with Crippen molar-refractivity contribution in [1.82, 2.24) is 19.9 Å². The van der Waals surface area contributed by atoms with Gasteiger partial charge in [0, 0.05) is 37.7 Å². The molecule has 0 spiro atoms. The maximum absolute atomic E-state index is 13.2. The van der Waals surface area contributed by atoms with Gasteiger partial charge in [-0.15, -0.1) is 37.2 Å². The molecule has 0 bridgehead atoms. The summed E-state index contributed by atoms with van der Waals surface area (Å²) in [6.07, 6.45) is 5.21. The highest BCUT2D eigenvalue weighted by atomic mass is 35.5. The Morgan fingerprint density at radius 2 is 1.71 bits per heavy atom. The van der Waals surface area contributed by atoms with E-state index in [2.05, 4.69) is 50.2 Å². The molecular weight excluding hydrogens is 493 g/mol. The highest BCUT2D eigenvalue weighted by Crippen LogP contribution is 2.31. The number of hydrogen-bond donors (Lipinski definition) is 1. The lowest BCUT2D eigenvalue weighted by atomic mass is 10.0. The van der Waals surface area contributed by atoms with Gasteiger partial charge in [0.2, 0.25) is 0 Å². The van der Waals surface area contributed by atoms with E-state index in [1.54, 1.807) is 18.6 Å². The third-order valence-corrected chi connectivity index (χ3v) is 5.62. The monoisotopic (exact) mass is 517 g/mol. The number of carbonyl (C=O) groups excluding carboxylic acids is 1. The molecule has 0 atom stereocenters. The molecule has 3 heterocycles. The summed E-state index contributed by atoms with van der Waals surface area (Å²) in [6.45, 7) is 2.61. The third-order valence-electron chi connectivity index (χ3n) is 5.62. The van der Waals surface area contributed by atoms with Crippen molar-refractivity contribution < 1.29 is 4.79 Å². The zero-order valence-electron chi connectivity index (χ0n) is 18.3. The highest BCUT2D eigenvalue weighted by molar-refractivity contribution is 5.92. The topological polar surface area (TPSA) is 65.1 Å². The average molecular weight is 519 g/mol. The van der Waals surface area contributed by atoms with E-state index >= 15 is 0 Å². The maximum Gasteiger partial charge on any atom is 0.272 e. The third kappa shape index (κ3) is 5.89. The second-order valence-electron chi connectivity index (χ2n) is 7.65.